The first-order valence-electron chi connectivity index (χ1n) is 6.53. The van der Waals surface area contributed by atoms with E-state index in [1.807, 2.05) is 42.3 Å². The molecule has 0 spiro atoms. The van der Waals surface area contributed by atoms with Crippen LogP contribution in [0.25, 0.3) is 0 Å². The Labute approximate surface area is 131 Å². The number of carbonyl (C=O) groups is 1. The van der Waals surface area contributed by atoms with Crippen molar-refractivity contribution in [1.29, 1.82) is 0 Å². The fourth-order valence-electron chi connectivity index (χ4n) is 1.92. The van der Waals surface area contributed by atoms with Gasteiger partial charge in [-0.3, -0.25) is 4.79 Å². The van der Waals surface area contributed by atoms with Gasteiger partial charge in [0.25, 0.3) is 0 Å². The van der Waals surface area contributed by atoms with Crippen molar-refractivity contribution in [3.8, 4) is 0 Å². The van der Waals surface area contributed by atoms with Crippen molar-refractivity contribution < 1.29 is 9.18 Å². The van der Waals surface area contributed by atoms with Crippen LogP contribution in [0.15, 0.2) is 53.0 Å². The molecule has 5 heteroatoms. The van der Waals surface area contributed by atoms with Crippen molar-refractivity contribution in [2.75, 3.05) is 18.5 Å². The van der Waals surface area contributed by atoms with Crippen LogP contribution in [0.3, 0.4) is 0 Å². The Morgan fingerprint density at radius 2 is 1.95 bits per heavy atom. The molecule has 0 heterocycles. The largest absolute Gasteiger partial charge is 0.365 e. The second-order valence-electron chi connectivity index (χ2n) is 4.70. The van der Waals surface area contributed by atoms with Gasteiger partial charge in [-0.1, -0.05) is 34.1 Å². The van der Waals surface area contributed by atoms with Gasteiger partial charge in [0, 0.05) is 23.8 Å². The standard InChI is InChI=1S/C16H16BrFN2O/c1-20(14-5-3-2-4-6-14)11-16(21)19-10-12-9-13(18)7-8-15(12)17/h2-9H,10-11H2,1H3,(H,19,21). The van der Waals surface area contributed by atoms with Crippen molar-refractivity contribution in [1.82, 2.24) is 5.32 Å². The highest BCUT2D eigenvalue weighted by atomic mass is 79.9. The van der Waals surface area contributed by atoms with Gasteiger partial charge in [0.15, 0.2) is 0 Å². The van der Waals surface area contributed by atoms with Crippen molar-refractivity contribution in [3.63, 3.8) is 0 Å². The Morgan fingerprint density at radius 3 is 2.67 bits per heavy atom. The molecule has 21 heavy (non-hydrogen) atoms. The fraction of sp³-hybridized carbons (Fsp3) is 0.188. The third kappa shape index (κ3) is 4.56. The minimum Gasteiger partial charge on any atom is -0.365 e. The zero-order chi connectivity index (χ0) is 15.2. The Kier molecular flexibility index (Phi) is 5.33. The fourth-order valence-corrected chi connectivity index (χ4v) is 2.30. The molecule has 0 radical (unpaired) electrons. The molecule has 0 saturated carbocycles. The molecule has 0 aliphatic carbocycles. The highest BCUT2D eigenvalue weighted by Gasteiger charge is 2.08. The maximum Gasteiger partial charge on any atom is 0.239 e. The molecule has 110 valence electrons. The van der Waals surface area contributed by atoms with Crippen molar-refractivity contribution >= 4 is 27.5 Å². The summed E-state index contributed by atoms with van der Waals surface area (Å²) in [5.41, 5.74) is 1.69. The molecule has 0 aliphatic rings. The summed E-state index contributed by atoms with van der Waals surface area (Å²) in [7, 11) is 1.85. The van der Waals surface area contributed by atoms with E-state index in [-0.39, 0.29) is 18.3 Å². The molecule has 1 N–H and O–H groups in total. The van der Waals surface area contributed by atoms with E-state index in [4.69, 9.17) is 0 Å². The van der Waals surface area contributed by atoms with Crippen LogP contribution in [0.5, 0.6) is 0 Å². The summed E-state index contributed by atoms with van der Waals surface area (Å²) >= 11 is 3.34. The first-order chi connectivity index (χ1) is 10.1. The van der Waals surface area contributed by atoms with Crippen LogP contribution in [0, 0.1) is 5.82 Å². The zero-order valence-electron chi connectivity index (χ0n) is 11.6. The van der Waals surface area contributed by atoms with Crippen LogP contribution in [-0.4, -0.2) is 19.5 Å². The van der Waals surface area contributed by atoms with Crippen LogP contribution in [0.4, 0.5) is 10.1 Å². The Morgan fingerprint density at radius 1 is 1.24 bits per heavy atom. The average Bonchev–Trinajstić information content (AvgIpc) is 2.49. The van der Waals surface area contributed by atoms with E-state index < -0.39 is 0 Å². The summed E-state index contributed by atoms with van der Waals surface area (Å²) < 4.78 is 13.9. The Bertz CT molecular complexity index is 619. The number of hydrogen-bond donors (Lipinski definition) is 1. The van der Waals surface area contributed by atoms with E-state index in [0.717, 1.165) is 10.2 Å². The molecule has 3 nitrogen and oxygen atoms in total. The van der Waals surface area contributed by atoms with Gasteiger partial charge in [0.1, 0.15) is 5.82 Å². The third-order valence-electron chi connectivity index (χ3n) is 3.06. The molecule has 1 amide bonds. The monoisotopic (exact) mass is 350 g/mol. The highest BCUT2D eigenvalue weighted by molar-refractivity contribution is 9.10. The Hall–Kier alpha value is -1.88. The van der Waals surface area contributed by atoms with Gasteiger partial charge in [-0.2, -0.15) is 0 Å². The molecular formula is C16H16BrFN2O. The lowest BCUT2D eigenvalue weighted by atomic mass is 10.2. The number of halogens is 2. The minimum atomic E-state index is -0.316. The van der Waals surface area contributed by atoms with Gasteiger partial charge in [-0.25, -0.2) is 4.39 Å². The number of hydrogen-bond acceptors (Lipinski definition) is 2. The predicted octanol–water partition coefficient (Wildman–Crippen LogP) is 3.34. The van der Waals surface area contributed by atoms with E-state index in [9.17, 15) is 9.18 Å². The van der Waals surface area contributed by atoms with Crippen molar-refractivity contribution in [2.24, 2.45) is 0 Å². The molecule has 0 atom stereocenters. The second-order valence-corrected chi connectivity index (χ2v) is 5.56. The zero-order valence-corrected chi connectivity index (χ0v) is 13.2. The number of para-hydroxylation sites is 1. The van der Waals surface area contributed by atoms with Crippen LogP contribution in [0.2, 0.25) is 0 Å². The number of benzene rings is 2. The van der Waals surface area contributed by atoms with Crippen molar-refractivity contribution in [2.45, 2.75) is 6.54 Å². The molecule has 2 aromatic rings. The summed E-state index contributed by atoms with van der Waals surface area (Å²) in [5.74, 6) is -0.429. The van der Waals surface area contributed by atoms with Gasteiger partial charge < -0.3 is 10.2 Å². The quantitative estimate of drug-likeness (QED) is 0.896. The topological polar surface area (TPSA) is 32.3 Å². The van der Waals surface area contributed by atoms with Gasteiger partial charge in [-0.15, -0.1) is 0 Å². The average molecular weight is 351 g/mol. The lowest BCUT2D eigenvalue weighted by molar-refractivity contribution is -0.119. The third-order valence-corrected chi connectivity index (χ3v) is 3.84. The van der Waals surface area contributed by atoms with E-state index in [1.54, 1.807) is 6.07 Å². The minimum absolute atomic E-state index is 0.113. The summed E-state index contributed by atoms with van der Waals surface area (Å²) in [6, 6.07) is 14.1. The molecule has 0 aromatic heterocycles. The first kappa shape index (κ1) is 15.5. The molecule has 0 fully saturated rings. The van der Waals surface area contributed by atoms with Gasteiger partial charge in [0.05, 0.1) is 6.54 Å². The summed E-state index contributed by atoms with van der Waals surface area (Å²) in [5, 5.41) is 2.79. The first-order valence-corrected chi connectivity index (χ1v) is 7.32. The number of likely N-dealkylation sites (N-methyl/N-ethyl adjacent to an activating group) is 1. The molecule has 0 aliphatic heterocycles. The predicted molar refractivity (Wildman–Crippen MR) is 85.7 cm³/mol. The normalized spacial score (nSPS) is 10.2. The van der Waals surface area contributed by atoms with Gasteiger partial charge in [0.2, 0.25) is 5.91 Å². The van der Waals surface area contributed by atoms with E-state index in [0.29, 0.717) is 12.1 Å². The molecular weight excluding hydrogens is 335 g/mol. The molecule has 0 bridgehead atoms. The number of rotatable bonds is 5. The number of carbonyl (C=O) groups excluding carboxylic acids is 1. The smallest absolute Gasteiger partial charge is 0.239 e. The molecule has 0 saturated heterocycles. The van der Waals surface area contributed by atoms with E-state index >= 15 is 0 Å². The second kappa shape index (κ2) is 7.22. The van der Waals surface area contributed by atoms with Crippen LogP contribution in [-0.2, 0) is 11.3 Å². The maximum atomic E-state index is 13.2. The number of amides is 1. The van der Waals surface area contributed by atoms with Gasteiger partial charge >= 0.3 is 0 Å². The maximum absolute atomic E-state index is 13.2. The van der Waals surface area contributed by atoms with Crippen LogP contribution < -0.4 is 10.2 Å². The lowest BCUT2D eigenvalue weighted by Crippen LogP contribution is -2.34. The van der Waals surface area contributed by atoms with Crippen LogP contribution in [0.1, 0.15) is 5.56 Å². The SMILES string of the molecule is CN(CC(=O)NCc1cc(F)ccc1Br)c1ccccc1. The summed E-state index contributed by atoms with van der Waals surface area (Å²) in [6.07, 6.45) is 0. The van der Waals surface area contributed by atoms with E-state index in [2.05, 4.69) is 21.2 Å². The van der Waals surface area contributed by atoms with E-state index in [1.165, 1.54) is 12.1 Å². The number of nitrogens with one attached hydrogen (secondary N) is 1. The van der Waals surface area contributed by atoms with Gasteiger partial charge in [-0.05, 0) is 35.9 Å². The molecule has 2 aromatic carbocycles. The molecule has 0 unspecified atom stereocenters. The highest BCUT2D eigenvalue weighted by Crippen LogP contribution is 2.17. The summed E-state index contributed by atoms with van der Waals surface area (Å²) in [4.78, 5) is 13.8. The lowest BCUT2D eigenvalue weighted by Gasteiger charge is -2.18. The molecule has 2 rings (SSSR count). The van der Waals surface area contributed by atoms with Crippen molar-refractivity contribution in [3.05, 3.63) is 64.4 Å². The van der Waals surface area contributed by atoms with Crippen LogP contribution >= 0.6 is 15.9 Å². The number of anilines is 1. The Balaban J connectivity index is 1.89. The summed E-state index contributed by atoms with van der Waals surface area (Å²) in [6.45, 7) is 0.538. The number of nitrogens with zero attached hydrogens (tertiary/aromatic N) is 1.